The van der Waals surface area contributed by atoms with Crippen molar-refractivity contribution < 1.29 is 0 Å². The molecule has 0 N–H and O–H groups in total. The van der Waals surface area contributed by atoms with Crippen molar-refractivity contribution in [3.8, 4) is 78.8 Å². The number of pyridine rings is 2. The molecule has 0 radical (unpaired) electrons. The summed E-state index contributed by atoms with van der Waals surface area (Å²) >= 11 is 0. The molecule has 5 nitrogen and oxygen atoms in total. The standard InChI is InChI=1S/C54H35N5/c1-6-17-36(18-7-1)41-27-16-28-43(33-41)52-51(39-23-12-4-13-24-39)58-54-49-44-30-29-42(34-48(44)55-50(38-21-10-3-11-22-38)45(49)31-32-59(52)54)47-35-46(37-19-8-2-9-20-37)56-53(57-47)40-25-14-5-15-26-40/h1-35H. The van der Waals surface area contributed by atoms with Crippen molar-refractivity contribution in [1.82, 2.24) is 24.3 Å². The summed E-state index contributed by atoms with van der Waals surface area (Å²) in [5.74, 6) is 0.676. The summed E-state index contributed by atoms with van der Waals surface area (Å²) in [5.41, 5.74) is 14.8. The number of aromatic nitrogens is 5. The van der Waals surface area contributed by atoms with E-state index in [9.17, 15) is 0 Å². The molecule has 0 saturated heterocycles. The molecule has 0 aliphatic rings. The number of benzene rings is 7. The van der Waals surface area contributed by atoms with Crippen molar-refractivity contribution in [3.05, 3.63) is 212 Å². The zero-order valence-corrected chi connectivity index (χ0v) is 31.9. The summed E-state index contributed by atoms with van der Waals surface area (Å²) in [6, 6.07) is 71.5. The first-order valence-electron chi connectivity index (χ1n) is 19.8. The van der Waals surface area contributed by atoms with E-state index in [2.05, 4.69) is 174 Å². The van der Waals surface area contributed by atoms with Gasteiger partial charge in [0, 0.05) is 55.7 Å². The van der Waals surface area contributed by atoms with Crippen molar-refractivity contribution >= 4 is 27.3 Å². The zero-order valence-electron chi connectivity index (χ0n) is 31.9. The first-order valence-corrected chi connectivity index (χ1v) is 19.8. The number of rotatable bonds is 7. The molecule has 276 valence electrons. The maximum Gasteiger partial charge on any atom is 0.160 e. The second kappa shape index (κ2) is 14.5. The van der Waals surface area contributed by atoms with E-state index in [1.165, 1.54) is 5.56 Å². The summed E-state index contributed by atoms with van der Waals surface area (Å²) in [7, 11) is 0. The molecule has 59 heavy (non-hydrogen) atoms. The van der Waals surface area contributed by atoms with Crippen molar-refractivity contribution in [2.24, 2.45) is 0 Å². The molecular weight excluding hydrogens is 719 g/mol. The van der Waals surface area contributed by atoms with Crippen LogP contribution in [0.3, 0.4) is 0 Å². The van der Waals surface area contributed by atoms with Gasteiger partial charge in [0.05, 0.1) is 34.0 Å². The second-order valence-electron chi connectivity index (χ2n) is 14.7. The lowest BCUT2D eigenvalue weighted by molar-refractivity contribution is 1.18. The highest BCUT2D eigenvalue weighted by atomic mass is 15.0. The van der Waals surface area contributed by atoms with Gasteiger partial charge >= 0.3 is 0 Å². The summed E-state index contributed by atoms with van der Waals surface area (Å²) in [6.07, 6.45) is 2.16. The Bertz CT molecular complexity index is 3230. The SMILES string of the molecule is c1ccc(-c2cccc(-c3c(-c4ccccc4)nc4c5c(ccn34)c(-c3ccccc3)nc3cc(-c4cc(-c6ccccc6)nc(-c6ccccc6)n4)ccc35)c2)cc1. The minimum atomic E-state index is 0.676. The van der Waals surface area contributed by atoms with Crippen LogP contribution in [0, 0.1) is 0 Å². The largest absolute Gasteiger partial charge is 0.298 e. The second-order valence-corrected chi connectivity index (χ2v) is 14.7. The third kappa shape index (κ3) is 6.22. The monoisotopic (exact) mass is 753 g/mol. The fourth-order valence-corrected chi connectivity index (χ4v) is 8.18. The predicted octanol–water partition coefficient (Wildman–Crippen LogP) is 13.5. The van der Waals surface area contributed by atoms with Gasteiger partial charge in [-0.05, 0) is 35.4 Å². The van der Waals surface area contributed by atoms with Crippen LogP contribution in [0.15, 0.2) is 212 Å². The molecule has 7 aromatic carbocycles. The van der Waals surface area contributed by atoms with Gasteiger partial charge in [0.2, 0.25) is 0 Å². The van der Waals surface area contributed by atoms with Crippen LogP contribution >= 0.6 is 0 Å². The molecule has 0 aliphatic heterocycles. The van der Waals surface area contributed by atoms with E-state index in [4.69, 9.17) is 19.9 Å². The summed E-state index contributed by atoms with van der Waals surface area (Å²) in [6.45, 7) is 0. The topological polar surface area (TPSA) is 56.0 Å². The van der Waals surface area contributed by atoms with E-state index in [0.717, 1.165) is 94.7 Å². The Balaban J connectivity index is 1.18. The molecule has 0 fully saturated rings. The van der Waals surface area contributed by atoms with Crippen molar-refractivity contribution in [2.45, 2.75) is 0 Å². The zero-order chi connectivity index (χ0) is 39.1. The Morgan fingerprint density at radius 1 is 0.322 bits per heavy atom. The third-order valence-electron chi connectivity index (χ3n) is 11.0. The molecule has 0 spiro atoms. The normalized spacial score (nSPS) is 11.4. The number of hydrogen-bond donors (Lipinski definition) is 0. The van der Waals surface area contributed by atoms with Gasteiger partial charge in [-0.15, -0.1) is 0 Å². The Hall–Kier alpha value is -8.02. The van der Waals surface area contributed by atoms with Crippen molar-refractivity contribution in [2.75, 3.05) is 0 Å². The summed E-state index contributed by atoms with van der Waals surface area (Å²) in [4.78, 5) is 21.2. The van der Waals surface area contributed by atoms with Gasteiger partial charge in [-0.2, -0.15) is 0 Å². The Labute approximate surface area is 341 Å². The van der Waals surface area contributed by atoms with E-state index in [0.29, 0.717) is 5.82 Å². The molecule has 11 aromatic rings. The van der Waals surface area contributed by atoms with E-state index in [-0.39, 0.29) is 0 Å². The molecule has 4 aromatic heterocycles. The van der Waals surface area contributed by atoms with E-state index in [1.807, 2.05) is 42.5 Å². The highest BCUT2D eigenvalue weighted by Crippen LogP contribution is 2.41. The minimum absolute atomic E-state index is 0.676. The molecule has 5 heteroatoms. The highest BCUT2D eigenvalue weighted by Gasteiger charge is 2.22. The minimum Gasteiger partial charge on any atom is -0.298 e. The molecule has 0 aliphatic carbocycles. The quantitative estimate of drug-likeness (QED) is 0.152. The molecule has 0 atom stereocenters. The van der Waals surface area contributed by atoms with Crippen molar-refractivity contribution in [1.29, 1.82) is 0 Å². The molecule has 0 amide bonds. The van der Waals surface area contributed by atoms with Gasteiger partial charge in [0.15, 0.2) is 5.82 Å². The predicted molar refractivity (Wildman–Crippen MR) is 242 cm³/mol. The maximum atomic E-state index is 5.56. The van der Waals surface area contributed by atoms with Crippen LogP contribution in [0.2, 0.25) is 0 Å². The first kappa shape index (κ1) is 34.2. The molecule has 0 saturated carbocycles. The average molecular weight is 754 g/mol. The lowest BCUT2D eigenvalue weighted by Gasteiger charge is -2.14. The highest BCUT2D eigenvalue weighted by molar-refractivity contribution is 6.17. The first-order chi connectivity index (χ1) is 29.2. The van der Waals surface area contributed by atoms with Gasteiger partial charge < -0.3 is 0 Å². The fraction of sp³-hybridized carbons (Fsp3) is 0. The van der Waals surface area contributed by atoms with Gasteiger partial charge in [0.25, 0.3) is 0 Å². The maximum absolute atomic E-state index is 5.56. The average Bonchev–Trinajstić information content (AvgIpc) is 3.72. The lowest BCUT2D eigenvalue weighted by Crippen LogP contribution is -1.97. The lowest BCUT2D eigenvalue weighted by atomic mass is 9.98. The Morgan fingerprint density at radius 2 is 0.864 bits per heavy atom. The number of imidazole rings is 1. The fourth-order valence-electron chi connectivity index (χ4n) is 8.18. The van der Waals surface area contributed by atoms with E-state index < -0.39 is 0 Å². The van der Waals surface area contributed by atoms with Crippen LogP contribution < -0.4 is 0 Å². The Morgan fingerprint density at radius 3 is 1.53 bits per heavy atom. The van der Waals surface area contributed by atoms with E-state index in [1.54, 1.807) is 0 Å². The third-order valence-corrected chi connectivity index (χ3v) is 11.0. The van der Waals surface area contributed by atoms with Crippen LogP contribution in [0.5, 0.6) is 0 Å². The summed E-state index contributed by atoms with van der Waals surface area (Å²) < 4.78 is 2.26. The van der Waals surface area contributed by atoms with Crippen LogP contribution in [0.4, 0.5) is 0 Å². The van der Waals surface area contributed by atoms with Crippen molar-refractivity contribution in [3.63, 3.8) is 0 Å². The van der Waals surface area contributed by atoms with Gasteiger partial charge in [-0.25, -0.2) is 19.9 Å². The van der Waals surface area contributed by atoms with Gasteiger partial charge in [-0.3, -0.25) is 4.40 Å². The smallest absolute Gasteiger partial charge is 0.160 e. The number of hydrogen-bond acceptors (Lipinski definition) is 4. The van der Waals surface area contributed by atoms with E-state index >= 15 is 0 Å². The van der Waals surface area contributed by atoms with Gasteiger partial charge in [-0.1, -0.05) is 182 Å². The molecule has 0 unspecified atom stereocenters. The summed E-state index contributed by atoms with van der Waals surface area (Å²) in [5, 5.41) is 3.10. The molecular formula is C54H35N5. The molecule has 0 bridgehead atoms. The number of fused-ring (bicyclic) bond motifs is 5. The van der Waals surface area contributed by atoms with Gasteiger partial charge in [0.1, 0.15) is 5.65 Å². The molecule has 11 rings (SSSR count). The van der Waals surface area contributed by atoms with Crippen LogP contribution in [0.1, 0.15) is 0 Å². The Kier molecular flexibility index (Phi) is 8.41. The molecule has 4 heterocycles. The number of nitrogens with zero attached hydrogens (tertiary/aromatic N) is 5. The van der Waals surface area contributed by atoms with Crippen LogP contribution in [-0.2, 0) is 0 Å². The van der Waals surface area contributed by atoms with Crippen LogP contribution in [-0.4, -0.2) is 24.3 Å². The van der Waals surface area contributed by atoms with Crippen LogP contribution in [0.25, 0.3) is 106 Å².